The van der Waals surface area contributed by atoms with E-state index < -0.39 is 6.10 Å². The summed E-state index contributed by atoms with van der Waals surface area (Å²) in [6.45, 7) is 6.85. The molecule has 0 spiro atoms. The monoisotopic (exact) mass is 402 g/mol. The van der Waals surface area contributed by atoms with Gasteiger partial charge in [0, 0.05) is 51.7 Å². The van der Waals surface area contributed by atoms with Gasteiger partial charge in [0.2, 0.25) is 0 Å². The molecule has 1 atom stereocenters. The molecule has 4 rings (SSSR count). The van der Waals surface area contributed by atoms with Gasteiger partial charge in [-0.15, -0.1) is 0 Å². The van der Waals surface area contributed by atoms with Crippen molar-refractivity contribution in [2.24, 2.45) is 0 Å². The molecule has 29 heavy (non-hydrogen) atoms. The van der Waals surface area contributed by atoms with Gasteiger partial charge in [-0.2, -0.15) is 5.10 Å². The van der Waals surface area contributed by atoms with Crippen LogP contribution >= 0.6 is 0 Å². The molecular weight excluding hydrogens is 372 g/mol. The lowest BCUT2D eigenvalue weighted by Crippen LogP contribution is -2.47. The van der Waals surface area contributed by atoms with Crippen molar-refractivity contribution in [3.8, 4) is 11.5 Å². The van der Waals surface area contributed by atoms with E-state index in [4.69, 9.17) is 14.2 Å². The van der Waals surface area contributed by atoms with Gasteiger partial charge in [0.05, 0.1) is 26.4 Å². The zero-order valence-corrected chi connectivity index (χ0v) is 16.9. The van der Waals surface area contributed by atoms with Gasteiger partial charge in [-0.3, -0.25) is 14.5 Å². The number of β-amino-alcohol motifs (C(OH)–C–C–N with tert-alkyl or cyclic N) is 1. The normalized spacial score (nSPS) is 19.7. The standard InChI is InChI=1S/C21H30N4O4/c1-27-21-11-17(12-24-13-18(14-24)25-6-2-5-22-25)3-4-20(21)29-16-19(26)15-23-7-9-28-10-8-23/h2-6,11,18-19,26H,7-10,12-16H2,1H3. The number of ether oxygens (including phenoxy) is 3. The second kappa shape index (κ2) is 9.58. The molecule has 1 N–H and O–H groups in total. The third-order valence-corrected chi connectivity index (χ3v) is 5.47. The molecule has 1 unspecified atom stereocenters. The molecule has 1 aromatic heterocycles. The topological polar surface area (TPSA) is 72.2 Å². The van der Waals surface area contributed by atoms with E-state index in [1.54, 1.807) is 7.11 Å². The fourth-order valence-electron chi connectivity index (χ4n) is 3.84. The number of hydrogen-bond donors (Lipinski definition) is 1. The van der Waals surface area contributed by atoms with Gasteiger partial charge in [-0.1, -0.05) is 6.07 Å². The maximum atomic E-state index is 10.3. The number of rotatable bonds is 9. The van der Waals surface area contributed by atoms with E-state index in [0.717, 1.165) is 45.9 Å². The number of aliphatic hydroxyl groups is 1. The van der Waals surface area contributed by atoms with Crippen LogP contribution in [-0.2, 0) is 11.3 Å². The molecule has 2 aliphatic rings. The summed E-state index contributed by atoms with van der Waals surface area (Å²) in [4.78, 5) is 4.58. The zero-order chi connectivity index (χ0) is 20.1. The Morgan fingerprint density at radius 2 is 2.03 bits per heavy atom. The first-order valence-corrected chi connectivity index (χ1v) is 10.2. The van der Waals surface area contributed by atoms with E-state index in [0.29, 0.717) is 24.1 Å². The van der Waals surface area contributed by atoms with E-state index in [1.807, 2.05) is 35.3 Å². The van der Waals surface area contributed by atoms with E-state index in [-0.39, 0.29) is 6.61 Å². The lowest BCUT2D eigenvalue weighted by atomic mass is 10.1. The second-order valence-electron chi connectivity index (χ2n) is 7.70. The third kappa shape index (κ3) is 5.27. The van der Waals surface area contributed by atoms with Crippen LogP contribution in [-0.4, -0.2) is 90.4 Å². The molecule has 2 aromatic rings. The summed E-state index contributed by atoms with van der Waals surface area (Å²) in [5.41, 5.74) is 1.18. The first kappa shape index (κ1) is 20.2. The molecule has 8 heteroatoms. The lowest BCUT2D eigenvalue weighted by molar-refractivity contribution is 0.00445. The highest BCUT2D eigenvalue weighted by Crippen LogP contribution is 2.30. The Balaban J connectivity index is 1.25. The highest BCUT2D eigenvalue weighted by atomic mass is 16.5. The summed E-state index contributed by atoms with van der Waals surface area (Å²) >= 11 is 0. The van der Waals surface area contributed by atoms with Crippen molar-refractivity contribution in [1.29, 1.82) is 0 Å². The molecule has 0 radical (unpaired) electrons. The van der Waals surface area contributed by atoms with Gasteiger partial charge in [-0.05, 0) is 23.8 Å². The van der Waals surface area contributed by atoms with E-state index in [9.17, 15) is 5.11 Å². The summed E-state index contributed by atoms with van der Waals surface area (Å²) in [5.74, 6) is 1.36. The minimum absolute atomic E-state index is 0.241. The Morgan fingerprint density at radius 3 is 2.76 bits per heavy atom. The van der Waals surface area contributed by atoms with Crippen molar-refractivity contribution in [3.05, 3.63) is 42.2 Å². The molecule has 0 saturated carbocycles. The maximum absolute atomic E-state index is 10.3. The number of aromatic nitrogens is 2. The Labute approximate surface area is 171 Å². The fourth-order valence-corrected chi connectivity index (χ4v) is 3.84. The predicted octanol–water partition coefficient (Wildman–Crippen LogP) is 1.02. The summed E-state index contributed by atoms with van der Waals surface area (Å²) < 4.78 is 18.7. The highest BCUT2D eigenvalue weighted by molar-refractivity contribution is 5.43. The van der Waals surface area contributed by atoms with Gasteiger partial charge in [0.25, 0.3) is 0 Å². The molecule has 158 valence electrons. The number of aliphatic hydroxyl groups excluding tert-OH is 1. The van der Waals surface area contributed by atoms with Crippen molar-refractivity contribution in [3.63, 3.8) is 0 Å². The highest BCUT2D eigenvalue weighted by Gasteiger charge is 2.28. The summed E-state index contributed by atoms with van der Waals surface area (Å²) in [7, 11) is 1.65. The Morgan fingerprint density at radius 1 is 1.21 bits per heavy atom. The summed E-state index contributed by atoms with van der Waals surface area (Å²) in [6.07, 6.45) is 3.30. The van der Waals surface area contributed by atoms with Crippen LogP contribution < -0.4 is 9.47 Å². The third-order valence-electron chi connectivity index (χ3n) is 5.47. The maximum Gasteiger partial charge on any atom is 0.161 e. The molecule has 2 fully saturated rings. The van der Waals surface area contributed by atoms with Crippen LogP contribution in [0.4, 0.5) is 0 Å². The Hall–Kier alpha value is -2.13. The van der Waals surface area contributed by atoms with Gasteiger partial charge in [0.1, 0.15) is 12.7 Å². The van der Waals surface area contributed by atoms with Gasteiger partial charge in [-0.25, -0.2) is 0 Å². The lowest BCUT2D eigenvalue weighted by Gasteiger charge is -2.39. The number of likely N-dealkylation sites (tertiary alicyclic amines) is 1. The fraction of sp³-hybridized carbons (Fsp3) is 0.571. The number of morpholine rings is 1. The van der Waals surface area contributed by atoms with Crippen LogP contribution in [0.25, 0.3) is 0 Å². The first-order chi connectivity index (χ1) is 14.2. The van der Waals surface area contributed by atoms with Crippen LogP contribution in [0.1, 0.15) is 11.6 Å². The molecule has 0 amide bonds. The number of hydrogen-bond acceptors (Lipinski definition) is 7. The molecular formula is C21H30N4O4. The molecule has 0 aliphatic carbocycles. The second-order valence-corrected chi connectivity index (χ2v) is 7.70. The van der Waals surface area contributed by atoms with Crippen LogP contribution in [0.3, 0.4) is 0 Å². The SMILES string of the molecule is COc1cc(CN2CC(n3cccn3)C2)ccc1OCC(O)CN1CCOCC1. The van der Waals surface area contributed by atoms with Crippen molar-refractivity contribution in [1.82, 2.24) is 19.6 Å². The summed E-state index contributed by atoms with van der Waals surface area (Å²) in [6, 6.07) is 8.44. The Bertz CT molecular complexity index is 758. The largest absolute Gasteiger partial charge is 0.493 e. The average molecular weight is 402 g/mol. The van der Waals surface area contributed by atoms with E-state index in [2.05, 4.69) is 21.0 Å². The van der Waals surface area contributed by atoms with E-state index in [1.165, 1.54) is 5.56 Å². The van der Waals surface area contributed by atoms with E-state index >= 15 is 0 Å². The minimum atomic E-state index is -0.544. The van der Waals surface area contributed by atoms with Crippen LogP contribution in [0.15, 0.2) is 36.7 Å². The van der Waals surface area contributed by atoms with Gasteiger partial charge >= 0.3 is 0 Å². The van der Waals surface area contributed by atoms with Crippen LogP contribution in [0.2, 0.25) is 0 Å². The first-order valence-electron chi connectivity index (χ1n) is 10.2. The van der Waals surface area contributed by atoms with Crippen molar-refractivity contribution in [2.45, 2.75) is 18.7 Å². The smallest absolute Gasteiger partial charge is 0.161 e. The van der Waals surface area contributed by atoms with Crippen molar-refractivity contribution >= 4 is 0 Å². The Kier molecular flexibility index (Phi) is 6.66. The average Bonchev–Trinajstić information content (AvgIpc) is 3.24. The van der Waals surface area contributed by atoms with Crippen molar-refractivity contribution < 1.29 is 19.3 Å². The van der Waals surface area contributed by atoms with Crippen molar-refractivity contribution in [2.75, 3.05) is 59.7 Å². The number of nitrogens with zero attached hydrogens (tertiary/aromatic N) is 4. The van der Waals surface area contributed by atoms with Gasteiger partial charge in [0.15, 0.2) is 11.5 Å². The summed E-state index contributed by atoms with van der Waals surface area (Å²) in [5, 5.41) is 14.6. The molecule has 8 nitrogen and oxygen atoms in total. The zero-order valence-electron chi connectivity index (χ0n) is 16.9. The predicted molar refractivity (Wildman–Crippen MR) is 108 cm³/mol. The number of methoxy groups -OCH3 is 1. The minimum Gasteiger partial charge on any atom is -0.493 e. The van der Waals surface area contributed by atoms with Gasteiger partial charge < -0.3 is 19.3 Å². The van der Waals surface area contributed by atoms with Crippen LogP contribution in [0.5, 0.6) is 11.5 Å². The molecule has 1 aromatic carbocycles. The number of benzene rings is 1. The quantitative estimate of drug-likeness (QED) is 0.671. The van der Waals surface area contributed by atoms with Crippen LogP contribution in [0, 0.1) is 0 Å². The molecule has 2 aliphatic heterocycles. The molecule has 2 saturated heterocycles. The molecule has 0 bridgehead atoms. The molecule has 3 heterocycles.